The molecule has 208 valence electrons. The third-order valence-electron chi connectivity index (χ3n) is 5.89. The molecule has 0 heterocycles. The average molecular weight is 591 g/mol. The fourth-order valence-corrected chi connectivity index (χ4v) is 5.97. The van der Waals surface area contributed by atoms with E-state index in [9.17, 15) is 18.0 Å². The minimum Gasteiger partial charge on any atom is -0.350 e. The van der Waals surface area contributed by atoms with Crippen molar-refractivity contribution in [2.45, 2.75) is 57.1 Å². The predicted octanol–water partition coefficient (Wildman–Crippen LogP) is 5.91. The number of hydrogen-bond acceptors (Lipinski definition) is 4. The van der Waals surface area contributed by atoms with Crippen molar-refractivity contribution in [3.05, 3.63) is 94.5 Å². The quantitative estimate of drug-likeness (QED) is 0.318. The number of carbonyl (C=O) groups is 2. The van der Waals surface area contributed by atoms with Crippen LogP contribution in [0.2, 0.25) is 10.0 Å². The van der Waals surface area contributed by atoms with Gasteiger partial charge in [-0.15, -0.1) is 0 Å². The van der Waals surface area contributed by atoms with Crippen LogP contribution >= 0.6 is 23.2 Å². The summed E-state index contributed by atoms with van der Waals surface area (Å²) in [6, 6.07) is 20.8. The van der Waals surface area contributed by atoms with E-state index in [0.29, 0.717) is 6.42 Å². The Hall–Kier alpha value is -3.07. The van der Waals surface area contributed by atoms with Crippen LogP contribution < -0.4 is 9.62 Å². The molecule has 0 aliphatic rings. The number of anilines is 1. The van der Waals surface area contributed by atoms with Crippen LogP contribution in [0.4, 0.5) is 5.69 Å². The number of nitrogens with one attached hydrogen (secondary N) is 1. The number of rotatable bonds is 10. The minimum absolute atomic E-state index is 0.00130. The fourth-order valence-electron chi connectivity index (χ4n) is 4.07. The Balaban J connectivity index is 2.09. The number of sulfonamides is 1. The zero-order valence-corrected chi connectivity index (χ0v) is 24.7. The first-order valence-electron chi connectivity index (χ1n) is 12.5. The van der Waals surface area contributed by atoms with Crippen LogP contribution in [0.1, 0.15) is 39.7 Å². The maximum Gasteiger partial charge on any atom is 0.264 e. The Labute approximate surface area is 240 Å². The van der Waals surface area contributed by atoms with Gasteiger partial charge >= 0.3 is 0 Å². The summed E-state index contributed by atoms with van der Waals surface area (Å²) in [5.74, 6) is -0.891. The zero-order chi connectivity index (χ0) is 28.8. The summed E-state index contributed by atoms with van der Waals surface area (Å²) in [5.41, 5.74) is 0.336. The van der Waals surface area contributed by atoms with Crippen LogP contribution in [0.5, 0.6) is 0 Å². The second-order valence-electron chi connectivity index (χ2n) is 10.1. The summed E-state index contributed by atoms with van der Waals surface area (Å²) in [5, 5.41) is 3.09. The van der Waals surface area contributed by atoms with Gasteiger partial charge in [0.2, 0.25) is 11.8 Å². The smallest absolute Gasteiger partial charge is 0.264 e. The Morgan fingerprint density at radius 3 is 2.05 bits per heavy atom. The lowest BCUT2D eigenvalue weighted by atomic mass is 10.1. The maximum absolute atomic E-state index is 14.0. The van der Waals surface area contributed by atoms with Crippen LogP contribution in [0.15, 0.2) is 83.8 Å². The maximum atomic E-state index is 14.0. The zero-order valence-electron chi connectivity index (χ0n) is 22.4. The van der Waals surface area contributed by atoms with Gasteiger partial charge in [0, 0.05) is 12.1 Å². The molecular formula is C29H33Cl2N3O4S. The number of nitrogens with zero attached hydrogens (tertiary/aromatic N) is 2. The normalized spacial score (nSPS) is 12.5. The minimum atomic E-state index is -4.23. The van der Waals surface area contributed by atoms with Gasteiger partial charge in [0.25, 0.3) is 10.0 Å². The molecule has 3 aromatic rings. The highest BCUT2D eigenvalue weighted by Gasteiger charge is 2.35. The van der Waals surface area contributed by atoms with Gasteiger partial charge < -0.3 is 10.2 Å². The van der Waals surface area contributed by atoms with Gasteiger partial charge in [0.15, 0.2) is 0 Å². The van der Waals surface area contributed by atoms with Gasteiger partial charge in [-0.3, -0.25) is 13.9 Å². The monoisotopic (exact) mass is 589 g/mol. The molecule has 3 aromatic carbocycles. The molecular weight excluding hydrogens is 557 g/mol. The highest BCUT2D eigenvalue weighted by atomic mass is 35.5. The number of amides is 2. The lowest BCUT2D eigenvalue weighted by Crippen LogP contribution is -2.55. The van der Waals surface area contributed by atoms with E-state index in [1.807, 2.05) is 58.0 Å². The van der Waals surface area contributed by atoms with Crippen molar-refractivity contribution >= 4 is 50.7 Å². The fraction of sp³-hybridized carbons (Fsp3) is 0.310. The average Bonchev–Trinajstić information content (AvgIpc) is 2.89. The van der Waals surface area contributed by atoms with E-state index in [1.54, 1.807) is 24.3 Å². The van der Waals surface area contributed by atoms with Gasteiger partial charge in [-0.1, -0.05) is 84.7 Å². The molecule has 2 amide bonds. The number of hydrogen-bond donors (Lipinski definition) is 1. The van der Waals surface area contributed by atoms with E-state index in [0.717, 1.165) is 9.87 Å². The summed E-state index contributed by atoms with van der Waals surface area (Å²) in [6.07, 6.45) is 0.323. The van der Waals surface area contributed by atoms with E-state index in [2.05, 4.69) is 5.32 Å². The van der Waals surface area contributed by atoms with Crippen LogP contribution in [0, 0.1) is 0 Å². The first-order valence-corrected chi connectivity index (χ1v) is 14.7. The van der Waals surface area contributed by atoms with Crippen molar-refractivity contribution in [3.63, 3.8) is 0 Å². The lowest BCUT2D eigenvalue weighted by molar-refractivity contribution is -0.141. The van der Waals surface area contributed by atoms with Crippen molar-refractivity contribution < 1.29 is 18.0 Å². The van der Waals surface area contributed by atoms with E-state index in [1.165, 1.54) is 29.2 Å². The molecule has 1 atom stereocenters. The van der Waals surface area contributed by atoms with Crippen molar-refractivity contribution in [1.82, 2.24) is 10.2 Å². The molecule has 3 rings (SSSR count). The Morgan fingerprint density at radius 2 is 1.49 bits per heavy atom. The molecule has 0 fully saturated rings. The van der Waals surface area contributed by atoms with Gasteiger partial charge in [0.05, 0.1) is 20.6 Å². The van der Waals surface area contributed by atoms with Crippen LogP contribution in [-0.4, -0.2) is 43.3 Å². The first kappa shape index (κ1) is 30.5. The van der Waals surface area contributed by atoms with Crippen molar-refractivity contribution in [1.29, 1.82) is 0 Å². The predicted molar refractivity (Wildman–Crippen MR) is 156 cm³/mol. The molecule has 0 saturated carbocycles. The second-order valence-corrected chi connectivity index (χ2v) is 12.7. The molecule has 0 radical (unpaired) electrons. The van der Waals surface area contributed by atoms with E-state index >= 15 is 0 Å². The molecule has 7 nitrogen and oxygen atoms in total. The standard InChI is InChI=1S/C29H33Cl2N3O4S/c1-5-24(28(36)32-29(2,3)4)33(19-21-13-8-6-9-14-21)26(35)20-34(25-18-12-17-23(30)27(25)31)39(37,38)22-15-10-7-11-16-22/h6-18,24H,5,19-20H2,1-4H3,(H,32,36). The Bertz CT molecular complexity index is 1400. The molecule has 39 heavy (non-hydrogen) atoms. The van der Waals surface area contributed by atoms with Gasteiger partial charge in [-0.05, 0) is 57.0 Å². The Morgan fingerprint density at radius 1 is 0.897 bits per heavy atom. The first-order chi connectivity index (χ1) is 18.3. The summed E-state index contributed by atoms with van der Waals surface area (Å²) < 4.78 is 28.6. The molecule has 0 aromatic heterocycles. The molecule has 1 unspecified atom stereocenters. The van der Waals surface area contributed by atoms with Crippen molar-refractivity contribution in [3.8, 4) is 0 Å². The summed E-state index contributed by atoms with van der Waals surface area (Å²) >= 11 is 12.7. The molecule has 0 aliphatic carbocycles. The molecule has 0 spiro atoms. The summed E-state index contributed by atoms with van der Waals surface area (Å²) in [7, 11) is -4.23. The lowest BCUT2D eigenvalue weighted by Gasteiger charge is -2.35. The van der Waals surface area contributed by atoms with E-state index in [-0.39, 0.29) is 33.1 Å². The van der Waals surface area contributed by atoms with E-state index < -0.39 is 34.1 Å². The number of carbonyl (C=O) groups excluding carboxylic acids is 2. The Kier molecular flexibility index (Phi) is 10.0. The van der Waals surface area contributed by atoms with Gasteiger partial charge in [-0.2, -0.15) is 0 Å². The highest BCUT2D eigenvalue weighted by molar-refractivity contribution is 7.92. The van der Waals surface area contributed by atoms with Gasteiger partial charge in [-0.25, -0.2) is 8.42 Å². The summed E-state index contributed by atoms with van der Waals surface area (Å²) in [4.78, 5) is 28.8. The van der Waals surface area contributed by atoms with Crippen LogP contribution in [0.25, 0.3) is 0 Å². The van der Waals surface area contributed by atoms with Gasteiger partial charge in [0.1, 0.15) is 12.6 Å². The van der Waals surface area contributed by atoms with Crippen LogP contribution in [-0.2, 0) is 26.2 Å². The molecule has 0 aliphatic heterocycles. The topological polar surface area (TPSA) is 86.8 Å². The van der Waals surface area contributed by atoms with Crippen LogP contribution in [0.3, 0.4) is 0 Å². The molecule has 10 heteroatoms. The number of halogens is 2. The summed E-state index contributed by atoms with van der Waals surface area (Å²) in [6.45, 7) is 6.90. The number of benzene rings is 3. The second kappa shape index (κ2) is 12.9. The highest BCUT2D eigenvalue weighted by Crippen LogP contribution is 2.35. The third kappa shape index (κ3) is 7.75. The van der Waals surface area contributed by atoms with Crippen molar-refractivity contribution in [2.75, 3.05) is 10.8 Å². The third-order valence-corrected chi connectivity index (χ3v) is 8.47. The van der Waals surface area contributed by atoms with E-state index in [4.69, 9.17) is 23.2 Å². The largest absolute Gasteiger partial charge is 0.350 e. The molecule has 1 N–H and O–H groups in total. The molecule has 0 bridgehead atoms. The SMILES string of the molecule is CCC(C(=O)NC(C)(C)C)N(Cc1ccccc1)C(=O)CN(c1cccc(Cl)c1Cl)S(=O)(=O)c1ccccc1. The molecule has 0 saturated heterocycles. The van der Waals surface area contributed by atoms with Crippen molar-refractivity contribution in [2.24, 2.45) is 0 Å².